The Morgan fingerprint density at radius 2 is 2.24 bits per heavy atom. The summed E-state index contributed by atoms with van der Waals surface area (Å²) in [5.74, 6) is 0.934. The second-order valence-corrected chi connectivity index (χ2v) is 6.84. The fourth-order valence-electron chi connectivity index (χ4n) is 2.81. The SMILES string of the molecule is Cc1cc(NC(=O)NC[C@H]2CCO[C@@H]2C(C)(C)C)nn1C. The van der Waals surface area contributed by atoms with Crippen LogP contribution >= 0.6 is 0 Å². The number of amides is 2. The molecule has 1 aliphatic heterocycles. The third-order valence-corrected chi connectivity index (χ3v) is 3.95. The number of urea groups is 1. The van der Waals surface area contributed by atoms with Crippen LogP contribution in [0.15, 0.2) is 6.07 Å². The number of carbonyl (C=O) groups excluding carboxylic acids is 1. The maximum Gasteiger partial charge on any atom is 0.320 e. The van der Waals surface area contributed by atoms with Gasteiger partial charge in [-0.25, -0.2) is 4.79 Å². The Hall–Kier alpha value is -1.56. The fraction of sp³-hybridized carbons (Fsp3) is 0.733. The molecule has 2 amide bonds. The van der Waals surface area contributed by atoms with Crippen LogP contribution in [0.2, 0.25) is 0 Å². The summed E-state index contributed by atoms with van der Waals surface area (Å²) in [6, 6.07) is 1.63. The summed E-state index contributed by atoms with van der Waals surface area (Å²) in [6.07, 6.45) is 1.18. The van der Waals surface area contributed by atoms with E-state index in [2.05, 4.69) is 36.5 Å². The number of aryl methyl sites for hydroxylation is 2. The quantitative estimate of drug-likeness (QED) is 0.899. The summed E-state index contributed by atoms with van der Waals surface area (Å²) in [7, 11) is 1.85. The average molecular weight is 294 g/mol. The summed E-state index contributed by atoms with van der Waals surface area (Å²) in [4.78, 5) is 11.9. The molecule has 0 unspecified atom stereocenters. The van der Waals surface area contributed by atoms with E-state index in [9.17, 15) is 4.79 Å². The van der Waals surface area contributed by atoms with Crippen molar-refractivity contribution in [3.8, 4) is 0 Å². The number of anilines is 1. The van der Waals surface area contributed by atoms with E-state index < -0.39 is 0 Å². The topological polar surface area (TPSA) is 68.2 Å². The Morgan fingerprint density at radius 1 is 1.52 bits per heavy atom. The van der Waals surface area contributed by atoms with E-state index in [-0.39, 0.29) is 17.6 Å². The van der Waals surface area contributed by atoms with Crippen LogP contribution in [0.1, 0.15) is 32.9 Å². The maximum absolute atomic E-state index is 11.9. The molecule has 2 atom stereocenters. The molecule has 0 saturated carbocycles. The van der Waals surface area contributed by atoms with Crippen molar-refractivity contribution < 1.29 is 9.53 Å². The van der Waals surface area contributed by atoms with E-state index in [0.29, 0.717) is 18.3 Å². The number of hydrogen-bond acceptors (Lipinski definition) is 3. The standard InChI is InChI=1S/C15H26N4O2/c1-10-8-12(18-19(10)5)17-14(20)16-9-11-6-7-21-13(11)15(2,3)4/h8,11,13H,6-7,9H2,1-5H3,(H2,16,17,18,20)/t11-,13+/m1/s1. The van der Waals surface area contributed by atoms with Crippen molar-refractivity contribution in [1.82, 2.24) is 15.1 Å². The van der Waals surface area contributed by atoms with Crippen LogP contribution in [-0.2, 0) is 11.8 Å². The first-order chi connectivity index (χ1) is 9.77. The van der Waals surface area contributed by atoms with Crippen LogP contribution in [0.4, 0.5) is 10.6 Å². The Balaban J connectivity index is 1.84. The minimum Gasteiger partial charge on any atom is -0.377 e. The number of carbonyl (C=O) groups is 1. The van der Waals surface area contributed by atoms with Crippen molar-refractivity contribution in [2.24, 2.45) is 18.4 Å². The normalized spacial score (nSPS) is 22.3. The van der Waals surface area contributed by atoms with Crippen molar-refractivity contribution in [1.29, 1.82) is 0 Å². The molecule has 2 N–H and O–H groups in total. The molecule has 0 bridgehead atoms. The van der Waals surface area contributed by atoms with Crippen LogP contribution < -0.4 is 10.6 Å². The molecule has 1 saturated heterocycles. The van der Waals surface area contributed by atoms with Crippen LogP contribution in [0.25, 0.3) is 0 Å². The summed E-state index contributed by atoms with van der Waals surface area (Å²) in [5, 5.41) is 9.89. The number of rotatable bonds is 3. The molecule has 2 rings (SSSR count). The Kier molecular flexibility index (Phi) is 4.56. The number of aromatic nitrogens is 2. The number of hydrogen-bond donors (Lipinski definition) is 2. The first-order valence-electron chi connectivity index (χ1n) is 7.44. The Bertz CT molecular complexity index is 485. The molecule has 6 nitrogen and oxygen atoms in total. The lowest BCUT2D eigenvalue weighted by Gasteiger charge is -2.31. The highest BCUT2D eigenvalue weighted by Crippen LogP contribution is 2.34. The monoisotopic (exact) mass is 294 g/mol. The molecule has 1 fully saturated rings. The van der Waals surface area contributed by atoms with E-state index in [4.69, 9.17) is 4.74 Å². The van der Waals surface area contributed by atoms with Gasteiger partial charge < -0.3 is 10.1 Å². The van der Waals surface area contributed by atoms with Crippen LogP contribution in [0.3, 0.4) is 0 Å². The second-order valence-electron chi connectivity index (χ2n) is 6.84. The highest BCUT2D eigenvalue weighted by Gasteiger charge is 2.37. The first kappa shape index (κ1) is 15.8. The van der Waals surface area contributed by atoms with Crippen LogP contribution in [-0.4, -0.2) is 35.1 Å². The lowest BCUT2D eigenvalue weighted by molar-refractivity contribution is 0.00782. The smallest absolute Gasteiger partial charge is 0.320 e. The molecule has 2 heterocycles. The zero-order valence-electron chi connectivity index (χ0n) is 13.6. The van der Waals surface area contributed by atoms with Gasteiger partial charge in [0.2, 0.25) is 0 Å². The lowest BCUT2D eigenvalue weighted by atomic mass is 9.81. The predicted octanol–water partition coefficient (Wildman–Crippen LogP) is 2.30. The van der Waals surface area contributed by atoms with Gasteiger partial charge >= 0.3 is 6.03 Å². The highest BCUT2D eigenvalue weighted by atomic mass is 16.5. The molecule has 6 heteroatoms. The molecule has 0 radical (unpaired) electrons. The van der Waals surface area contributed by atoms with Gasteiger partial charge in [-0.1, -0.05) is 20.8 Å². The maximum atomic E-state index is 11.9. The van der Waals surface area contributed by atoms with Crippen molar-refractivity contribution in [2.45, 2.75) is 40.2 Å². The largest absolute Gasteiger partial charge is 0.377 e. The number of ether oxygens (including phenoxy) is 1. The third kappa shape index (κ3) is 3.97. The van der Waals surface area contributed by atoms with Crippen molar-refractivity contribution in [3.05, 3.63) is 11.8 Å². The van der Waals surface area contributed by atoms with Crippen molar-refractivity contribution >= 4 is 11.8 Å². The molecule has 1 aromatic heterocycles. The van der Waals surface area contributed by atoms with E-state index in [1.165, 1.54) is 0 Å². The summed E-state index contributed by atoms with van der Waals surface area (Å²) >= 11 is 0. The predicted molar refractivity (Wildman–Crippen MR) is 82.3 cm³/mol. The van der Waals surface area contributed by atoms with Gasteiger partial charge in [0, 0.05) is 37.9 Å². The summed E-state index contributed by atoms with van der Waals surface area (Å²) in [5.41, 5.74) is 1.10. The van der Waals surface area contributed by atoms with E-state index in [0.717, 1.165) is 18.7 Å². The first-order valence-corrected chi connectivity index (χ1v) is 7.44. The number of nitrogens with zero attached hydrogens (tertiary/aromatic N) is 2. The van der Waals surface area contributed by atoms with E-state index >= 15 is 0 Å². The Morgan fingerprint density at radius 3 is 2.81 bits per heavy atom. The molecule has 0 aromatic carbocycles. The fourth-order valence-corrected chi connectivity index (χ4v) is 2.81. The molecule has 0 spiro atoms. The van der Waals surface area contributed by atoms with Crippen molar-refractivity contribution in [2.75, 3.05) is 18.5 Å². The number of nitrogens with one attached hydrogen (secondary N) is 2. The molecule has 0 aliphatic carbocycles. The minimum absolute atomic E-state index is 0.0947. The summed E-state index contributed by atoms with van der Waals surface area (Å²) in [6.45, 7) is 9.86. The van der Waals surface area contributed by atoms with E-state index in [1.54, 1.807) is 4.68 Å². The molecule has 21 heavy (non-hydrogen) atoms. The van der Waals surface area contributed by atoms with Crippen LogP contribution in [0.5, 0.6) is 0 Å². The lowest BCUT2D eigenvalue weighted by Crippen LogP contribution is -2.40. The average Bonchev–Trinajstić information content (AvgIpc) is 2.94. The third-order valence-electron chi connectivity index (χ3n) is 3.95. The minimum atomic E-state index is -0.215. The Labute approximate surface area is 126 Å². The van der Waals surface area contributed by atoms with Gasteiger partial charge in [-0.05, 0) is 18.8 Å². The van der Waals surface area contributed by atoms with Crippen molar-refractivity contribution in [3.63, 3.8) is 0 Å². The van der Waals surface area contributed by atoms with Gasteiger partial charge in [0.15, 0.2) is 5.82 Å². The van der Waals surface area contributed by atoms with Gasteiger partial charge in [-0.2, -0.15) is 5.10 Å². The zero-order valence-corrected chi connectivity index (χ0v) is 13.6. The van der Waals surface area contributed by atoms with Gasteiger partial charge in [-0.15, -0.1) is 0 Å². The molecular weight excluding hydrogens is 268 g/mol. The summed E-state index contributed by atoms with van der Waals surface area (Å²) < 4.78 is 7.54. The molecule has 1 aromatic rings. The molecular formula is C15H26N4O2. The zero-order chi connectivity index (χ0) is 15.6. The van der Waals surface area contributed by atoms with E-state index in [1.807, 2.05) is 20.0 Å². The highest BCUT2D eigenvalue weighted by molar-refractivity contribution is 5.88. The van der Waals surface area contributed by atoms with Gasteiger partial charge in [-0.3, -0.25) is 10.00 Å². The molecule has 1 aliphatic rings. The van der Waals surface area contributed by atoms with Gasteiger partial charge in [0.1, 0.15) is 0 Å². The van der Waals surface area contributed by atoms with Crippen LogP contribution in [0, 0.1) is 18.3 Å². The second kappa shape index (κ2) is 6.05. The molecule has 118 valence electrons. The van der Waals surface area contributed by atoms with Gasteiger partial charge in [0.25, 0.3) is 0 Å². The van der Waals surface area contributed by atoms with Gasteiger partial charge in [0.05, 0.1) is 6.10 Å².